The first-order valence-electron chi connectivity index (χ1n) is 7.50. The number of carbonyl (C=O) groups is 2. The predicted octanol–water partition coefficient (Wildman–Crippen LogP) is 3.41. The molecule has 0 aliphatic carbocycles. The van der Waals surface area contributed by atoms with Gasteiger partial charge in [-0.15, -0.1) is 11.3 Å². The Hall–Kier alpha value is -2.28. The maximum absolute atomic E-state index is 12.9. The SMILES string of the molecule is CCC(C)(C)NC(=O)COC(=O)c1csc(-c2ccc(F)cc2)n1. The zero-order valence-corrected chi connectivity index (χ0v) is 14.6. The van der Waals surface area contributed by atoms with Crippen molar-refractivity contribution in [3.8, 4) is 10.6 Å². The van der Waals surface area contributed by atoms with Gasteiger partial charge >= 0.3 is 5.97 Å². The molecule has 0 saturated carbocycles. The van der Waals surface area contributed by atoms with E-state index in [1.165, 1.54) is 23.5 Å². The molecular formula is C17H19FN2O3S. The second-order valence-corrected chi connectivity index (χ2v) is 6.76. The molecule has 0 saturated heterocycles. The number of thiazole rings is 1. The molecule has 2 rings (SSSR count). The average molecular weight is 350 g/mol. The van der Waals surface area contributed by atoms with E-state index in [-0.39, 0.29) is 29.6 Å². The van der Waals surface area contributed by atoms with Crippen molar-refractivity contribution in [1.82, 2.24) is 10.3 Å². The molecule has 0 fully saturated rings. The Morgan fingerprint density at radius 2 is 1.96 bits per heavy atom. The number of hydrogen-bond acceptors (Lipinski definition) is 5. The lowest BCUT2D eigenvalue weighted by atomic mass is 10.0. The molecule has 1 aromatic heterocycles. The topological polar surface area (TPSA) is 68.3 Å². The number of benzene rings is 1. The number of carbonyl (C=O) groups excluding carboxylic acids is 2. The smallest absolute Gasteiger partial charge is 0.358 e. The second kappa shape index (κ2) is 7.53. The summed E-state index contributed by atoms with van der Waals surface area (Å²) in [5, 5.41) is 4.91. The minimum absolute atomic E-state index is 0.127. The molecule has 0 aliphatic rings. The van der Waals surface area contributed by atoms with Gasteiger partial charge in [0.05, 0.1) is 0 Å². The van der Waals surface area contributed by atoms with Crippen LogP contribution in [0.15, 0.2) is 29.6 Å². The van der Waals surface area contributed by atoms with Crippen LogP contribution in [0, 0.1) is 5.82 Å². The van der Waals surface area contributed by atoms with Gasteiger partial charge in [-0.25, -0.2) is 14.2 Å². The minimum Gasteiger partial charge on any atom is -0.451 e. The fourth-order valence-electron chi connectivity index (χ4n) is 1.80. The van der Waals surface area contributed by atoms with Crippen LogP contribution < -0.4 is 5.32 Å². The van der Waals surface area contributed by atoms with Crippen LogP contribution in [-0.4, -0.2) is 29.0 Å². The first-order chi connectivity index (χ1) is 11.3. The van der Waals surface area contributed by atoms with Gasteiger partial charge in [0.2, 0.25) is 0 Å². The zero-order chi connectivity index (χ0) is 17.7. The Balaban J connectivity index is 1.94. The van der Waals surface area contributed by atoms with Crippen LogP contribution in [-0.2, 0) is 9.53 Å². The van der Waals surface area contributed by atoms with Crippen molar-refractivity contribution in [2.45, 2.75) is 32.7 Å². The Morgan fingerprint density at radius 1 is 1.29 bits per heavy atom. The number of rotatable bonds is 6. The van der Waals surface area contributed by atoms with Gasteiger partial charge in [0, 0.05) is 16.5 Å². The summed E-state index contributed by atoms with van der Waals surface area (Å²) in [4.78, 5) is 27.9. The number of ether oxygens (including phenoxy) is 1. The third kappa shape index (κ3) is 4.86. The lowest BCUT2D eigenvalue weighted by Gasteiger charge is -2.24. The summed E-state index contributed by atoms with van der Waals surface area (Å²) in [6, 6.07) is 5.83. The van der Waals surface area contributed by atoms with E-state index in [2.05, 4.69) is 10.3 Å². The van der Waals surface area contributed by atoms with Crippen LogP contribution in [0.2, 0.25) is 0 Å². The van der Waals surface area contributed by atoms with Crippen molar-refractivity contribution in [1.29, 1.82) is 0 Å². The maximum atomic E-state index is 12.9. The highest BCUT2D eigenvalue weighted by Crippen LogP contribution is 2.24. The molecular weight excluding hydrogens is 331 g/mol. The van der Waals surface area contributed by atoms with Crippen molar-refractivity contribution in [2.75, 3.05) is 6.61 Å². The molecule has 0 radical (unpaired) electrons. The molecule has 5 nitrogen and oxygen atoms in total. The molecule has 7 heteroatoms. The lowest BCUT2D eigenvalue weighted by Crippen LogP contribution is -2.44. The Kier molecular flexibility index (Phi) is 5.66. The summed E-state index contributed by atoms with van der Waals surface area (Å²) in [5.74, 6) is -1.36. The van der Waals surface area contributed by atoms with Gasteiger partial charge < -0.3 is 10.1 Å². The number of aromatic nitrogens is 1. The number of amides is 1. The summed E-state index contributed by atoms with van der Waals surface area (Å²) in [6.45, 7) is 5.38. The molecule has 0 atom stereocenters. The Labute approximate surface area is 143 Å². The highest BCUT2D eigenvalue weighted by molar-refractivity contribution is 7.13. The van der Waals surface area contributed by atoms with Crippen LogP contribution in [0.3, 0.4) is 0 Å². The molecule has 0 aliphatic heterocycles. The van der Waals surface area contributed by atoms with Crippen molar-refractivity contribution in [2.24, 2.45) is 0 Å². The molecule has 0 spiro atoms. The quantitative estimate of drug-likeness (QED) is 0.811. The van der Waals surface area contributed by atoms with Crippen molar-refractivity contribution in [3.63, 3.8) is 0 Å². The minimum atomic E-state index is -0.663. The summed E-state index contributed by atoms with van der Waals surface area (Å²) in [7, 11) is 0. The average Bonchev–Trinajstić information content (AvgIpc) is 3.03. The third-order valence-electron chi connectivity index (χ3n) is 3.50. The summed E-state index contributed by atoms with van der Waals surface area (Å²) >= 11 is 1.25. The van der Waals surface area contributed by atoms with Gasteiger partial charge in [-0.05, 0) is 44.5 Å². The third-order valence-corrected chi connectivity index (χ3v) is 4.39. The molecule has 1 heterocycles. The van der Waals surface area contributed by atoms with E-state index in [4.69, 9.17) is 4.74 Å². The van der Waals surface area contributed by atoms with E-state index in [9.17, 15) is 14.0 Å². The van der Waals surface area contributed by atoms with E-state index < -0.39 is 5.97 Å². The van der Waals surface area contributed by atoms with Crippen LogP contribution >= 0.6 is 11.3 Å². The Bertz CT molecular complexity index is 726. The molecule has 1 N–H and O–H groups in total. The zero-order valence-electron chi connectivity index (χ0n) is 13.8. The Morgan fingerprint density at radius 3 is 2.58 bits per heavy atom. The second-order valence-electron chi connectivity index (χ2n) is 5.91. The number of hydrogen-bond donors (Lipinski definition) is 1. The maximum Gasteiger partial charge on any atom is 0.358 e. The molecule has 1 amide bonds. The number of nitrogens with zero attached hydrogens (tertiary/aromatic N) is 1. The van der Waals surface area contributed by atoms with Crippen LogP contribution in [0.1, 0.15) is 37.7 Å². The van der Waals surface area contributed by atoms with Gasteiger partial charge in [-0.3, -0.25) is 4.79 Å². The molecule has 0 bridgehead atoms. The monoisotopic (exact) mass is 350 g/mol. The first kappa shape index (κ1) is 18.1. The van der Waals surface area contributed by atoms with Crippen LogP contribution in [0.4, 0.5) is 4.39 Å². The lowest BCUT2D eigenvalue weighted by molar-refractivity contribution is -0.125. The highest BCUT2D eigenvalue weighted by Gasteiger charge is 2.20. The summed E-state index contributed by atoms with van der Waals surface area (Å²) < 4.78 is 17.9. The molecule has 24 heavy (non-hydrogen) atoms. The van der Waals surface area contributed by atoms with Crippen molar-refractivity contribution >= 4 is 23.2 Å². The van der Waals surface area contributed by atoms with Gasteiger partial charge in [0.1, 0.15) is 10.8 Å². The fourth-order valence-corrected chi connectivity index (χ4v) is 2.59. The molecule has 0 unspecified atom stereocenters. The molecule has 128 valence electrons. The van der Waals surface area contributed by atoms with Gasteiger partial charge in [0.15, 0.2) is 12.3 Å². The first-order valence-corrected chi connectivity index (χ1v) is 8.38. The van der Waals surface area contributed by atoms with Gasteiger partial charge in [-0.1, -0.05) is 6.92 Å². The van der Waals surface area contributed by atoms with Crippen LogP contribution in [0.25, 0.3) is 10.6 Å². The van der Waals surface area contributed by atoms with Crippen LogP contribution in [0.5, 0.6) is 0 Å². The fraction of sp³-hybridized carbons (Fsp3) is 0.353. The summed E-state index contributed by atoms with van der Waals surface area (Å²) in [6.07, 6.45) is 0.764. The molecule has 1 aromatic carbocycles. The van der Waals surface area contributed by atoms with Gasteiger partial charge in [-0.2, -0.15) is 0 Å². The van der Waals surface area contributed by atoms with Gasteiger partial charge in [0.25, 0.3) is 5.91 Å². The van der Waals surface area contributed by atoms with E-state index in [1.807, 2.05) is 20.8 Å². The van der Waals surface area contributed by atoms with E-state index in [0.29, 0.717) is 10.6 Å². The van der Waals surface area contributed by atoms with E-state index in [1.54, 1.807) is 17.5 Å². The largest absolute Gasteiger partial charge is 0.451 e. The normalized spacial score (nSPS) is 11.2. The number of nitrogens with one attached hydrogen (secondary N) is 1. The number of esters is 1. The van der Waals surface area contributed by atoms with Crippen molar-refractivity contribution < 1.29 is 18.7 Å². The number of halogens is 1. The van der Waals surface area contributed by atoms with Crippen molar-refractivity contribution in [3.05, 3.63) is 41.2 Å². The predicted molar refractivity (Wildman–Crippen MR) is 90.3 cm³/mol. The van der Waals surface area contributed by atoms with E-state index in [0.717, 1.165) is 6.42 Å². The van der Waals surface area contributed by atoms with E-state index >= 15 is 0 Å². The highest BCUT2D eigenvalue weighted by atomic mass is 32.1. The summed E-state index contributed by atoms with van der Waals surface area (Å²) in [5.41, 5.74) is 0.490. The molecule has 2 aromatic rings. The standard InChI is InChI=1S/C17H19FN2O3S/c1-4-17(2,3)20-14(21)9-23-16(22)13-10-24-15(19-13)11-5-7-12(18)8-6-11/h5-8,10H,4,9H2,1-3H3,(H,20,21).